The molecule has 10 heavy (non-hydrogen) atoms. The van der Waals surface area contributed by atoms with Crippen molar-refractivity contribution in [3.8, 4) is 0 Å². The van der Waals surface area contributed by atoms with Crippen molar-refractivity contribution in [1.82, 2.24) is 0 Å². The molecule has 0 aromatic heterocycles. The standard InChI is InChI=1S/C9H9Br/c1-3-8-6-4-5-7(2)9(8)10/h3-6H,1H2,2H3. The summed E-state index contributed by atoms with van der Waals surface area (Å²) < 4.78 is 1.14. The predicted octanol–water partition coefficient (Wildman–Crippen LogP) is 3.40. The van der Waals surface area contributed by atoms with E-state index in [0.717, 1.165) is 10.0 Å². The van der Waals surface area contributed by atoms with Crippen LogP contribution >= 0.6 is 15.9 Å². The first-order valence-corrected chi connectivity index (χ1v) is 3.92. The lowest BCUT2D eigenvalue weighted by Crippen LogP contribution is -1.78. The van der Waals surface area contributed by atoms with Crippen molar-refractivity contribution in [2.45, 2.75) is 6.92 Å². The Balaban J connectivity index is 3.27. The summed E-state index contributed by atoms with van der Waals surface area (Å²) in [6, 6.07) is 6.12. The van der Waals surface area contributed by atoms with Crippen molar-refractivity contribution in [3.63, 3.8) is 0 Å². The summed E-state index contributed by atoms with van der Waals surface area (Å²) >= 11 is 3.47. The van der Waals surface area contributed by atoms with Gasteiger partial charge in [-0.2, -0.15) is 0 Å². The molecule has 0 aliphatic rings. The number of halogens is 1. The van der Waals surface area contributed by atoms with Gasteiger partial charge in [-0.1, -0.05) is 30.9 Å². The van der Waals surface area contributed by atoms with Gasteiger partial charge >= 0.3 is 0 Å². The van der Waals surface area contributed by atoms with Crippen molar-refractivity contribution in [1.29, 1.82) is 0 Å². The lowest BCUT2D eigenvalue weighted by Gasteiger charge is -1.99. The van der Waals surface area contributed by atoms with E-state index in [2.05, 4.69) is 35.5 Å². The number of rotatable bonds is 1. The highest BCUT2D eigenvalue weighted by atomic mass is 79.9. The summed E-state index contributed by atoms with van der Waals surface area (Å²) in [5.41, 5.74) is 2.40. The van der Waals surface area contributed by atoms with Gasteiger partial charge in [-0.05, 0) is 34.0 Å². The number of hydrogen-bond donors (Lipinski definition) is 0. The van der Waals surface area contributed by atoms with Gasteiger partial charge in [-0.15, -0.1) is 0 Å². The van der Waals surface area contributed by atoms with Crippen LogP contribution in [0.4, 0.5) is 0 Å². The monoisotopic (exact) mass is 196 g/mol. The van der Waals surface area contributed by atoms with Crippen LogP contribution in [0.1, 0.15) is 11.1 Å². The minimum atomic E-state index is 1.14. The SMILES string of the molecule is C=Cc1cccc(C)c1Br. The summed E-state index contributed by atoms with van der Waals surface area (Å²) in [6.07, 6.45) is 1.84. The van der Waals surface area contributed by atoms with E-state index in [4.69, 9.17) is 0 Å². The Morgan fingerprint density at radius 1 is 1.50 bits per heavy atom. The molecule has 0 saturated heterocycles. The Bertz CT molecular complexity index is 251. The van der Waals surface area contributed by atoms with Crippen molar-refractivity contribution in [2.24, 2.45) is 0 Å². The molecule has 1 aromatic rings. The van der Waals surface area contributed by atoms with Gasteiger partial charge in [0, 0.05) is 4.47 Å². The summed E-state index contributed by atoms with van der Waals surface area (Å²) in [4.78, 5) is 0. The van der Waals surface area contributed by atoms with Crippen molar-refractivity contribution in [3.05, 3.63) is 40.4 Å². The van der Waals surface area contributed by atoms with E-state index in [9.17, 15) is 0 Å². The zero-order valence-corrected chi connectivity index (χ0v) is 7.48. The van der Waals surface area contributed by atoms with Crippen LogP contribution < -0.4 is 0 Å². The van der Waals surface area contributed by atoms with E-state index in [1.165, 1.54) is 5.56 Å². The topological polar surface area (TPSA) is 0 Å². The minimum absolute atomic E-state index is 1.14. The Morgan fingerprint density at radius 3 is 2.70 bits per heavy atom. The molecule has 0 unspecified atom stereocenters. The van der Waals surface area contributed by atoms with E-state index < -0.39 is 0 Å². The van der Waals surface area contributed by atoms with Crippen LogP contribution in [-0.2, 0) is 0 Å². The molecule has 1 heteroatoms. The van der Waals surface area contributed by atoms with Crippen LogP contribution in [0.15, 0.2) is 29.3 Å². The summed E-state index contributed by atoms with van der Waals surface area (Å²) in [5, 5.41) is 0. The van der Waals surface area contributed by atoms with Gasteiger partial charge in [0.15, 0.2) is 0 Å². The Morgan fingerprint density at radius 2 is 2.20 bits per heavy atom. The Kier molecular flexibility index (Phi) is 2.28. The van der Waals surface area contributed by atoms with Crippen LogP contribution in [0.5, 0.6) is 0 Å². The van der Waals surface area contributed by atoms with Gasteiger partial charge in [-0.3, -0.25) is 0 Å². The average molecular weight is 197 g/mol. The molecule has 0 aliphatic heterocycles. The first-order chi connectivity index (χ1) is 4.75. The van der Waals surface area contributed by atoms with Crippen molar-refractivity contribution >= 4 is 22.0 Å². The Labute approximate surface area is 69.7 Å². The first-order valence-electron chi connectivity index (χ1n) is 3.13. The second-order valence-electron chi connectivity index (χ2n) is 2.18. The van der Waals surface area contributed by atoms with Gasteiger partial charge in [-0.25, -0.2) is 0 Å². The van der Waals surface area contributed by atoms with Crippen LogP contribution in [0, 0.1) is 6.92 Å². The second-order valence-corrected chi connectivity index (χ2v) is 2.98. The molecule has 0 bridgehead atoms. The normalized spacial score (nSPS) is 9.40. The molecule has 1 rings (SSSR count). The van der Waals surface area contributed by atoms with Gasteiger partial charge in [0.05, 0.1) is 0 Å². The third-order valence-electron chi connectivity index (χ3n) is 1.44. The summed E-state index contributed by atoms with van der Waals surface area (Å²) in [5.74, 6) is 0. The molecular formula is C9H9Br. The van der Waals surface area contributed by atoms with Gasteiger partial charge in [0.2, 0.25) is 0 Å². The molecule has 0 atom stereocenters. The minimum Gasteiger partial charge on any atom is -0.0984 e. The van der Waals surface area contributed by atoms with Crippen molar-refractivity contribution < 1.29 is 0 Å². The molecular weight excluding hydrogens is 188 g/mol. The van der Waals surface area contributed by atoms with Crippen LogP contribution in [0.2, 0.25) is 0 Å². The molecule has 0 nitrogen and oxygen atoms in total. The predicted molar refractivity (Wildman–Crippen MR) is 49.0 cm³/mol. The Hall–Kier alpha value is -0.560. The summed E-state index contributed by atoms with van der Waals surface area (Å²) in [7, 11) is 0. The molecule has 0 aliphatic carbocycles. The van der Waals surface area contributed by atoms with E-state index >= 15 is 0 Å². The molecule has 0 fully saturated rings. The highest BCUT2D eigenvalue weighted by Gasteiger charge is 1.95. The molecule has 0 spiro atoms. The zero-order chi connectivity index (χ0) is 7.56. The number of hydrogen-bond acceptors (Lipinski definition) is 0. The molecule has 0 radical (unpaired) electrons. The van der Waals surface area contributed by atoms with E-state index in [-0.39, 0.29) is 0 Å². The van der Waals surface area contributed by atoms with Gasteiger partial charge in [0.1, 0.15) is 0 Å². The average Bonchev–Trinajstić information content (AvgIpc) is 1.95. The quantitative estimate of drug-likeness (QED) is 0.647. The maximum absolute atomic E-state index is 3.70. The number of aryl methyl sites for hydroxylation is 1. The maximum atomic E-state index is 3.70. The van der Waals surface area contributed by atoms with Crippen LogP contribution in [0.3, 0.4) is 0 Å². The maximum Gasteiger partial charge on any atom is 0.0276 e. The van der Waals surface area contributed by atoms with E-state index in [1.807, 2.05) is 18.2 Å². The molecule has 0 saturated carbocycles. The lowest BCUT2D eigenvalue weighted by molar-refractivity contribution is 1.42. The fourth-order valence-electron chi connectivity index (χ4n) is 0.828. The van der Waals surface area contributed by atoms with E-state index in [0.29, 0.717) is 0 Å². The molecule has 52 valence electrons. The molecule has 0 amide bonds. The second kappa shape index (κ2) is 3.02. The highest BCUT2D eigenvalue weighted by molar-refractivity contribution is 9.10. The third kappa shape index (κ3) is 1.29. The van der Waals surface area contributed by atoms with Gasteiger partial charge in [0.25, 0.3) is 0 Å². The smallest absolute Gasteiger partial charge is 0.0276 e. The third-order valence-corrected chi connectivity index (χ3v) is 2.52. The van der Waals surface area contributed by atoms with Crippen LogP contribution in [0.25, 0.3) is 6.08 Å². The fraction of sp³-hybridized carbons (Fsp3) is 0.111. The highest BCUT2D eigenvalue weighted by Crippen LogP contribution is 2.21. The molecule has 1 aromatic carbocycles. The van der Waals surface area contributed by atoms with Gasteiger partial charge < -0.3 is 0 Å². The van der Waals surface area contributed by atoms with E-state index in [1.54, 1.807) is 0 Å². The molecule has 0 heterocycles. The largest absolute Gasteiger partial charge is 0.0984 e. The van der Waals surface area contributed by atoms with Crippen LogP contribution in [-0.4, -0.2) is 0 Å². The lowest BCUT2D eigenvalue weighted by atomic mass is 10.1. The zero-order valence-electron chi connectivity index (χ0n) is 5.89. The number of benzene rings is 1. The first kappa shape index (κ1) is 7.55. The van der Waals surface area contributed by atoms with Crippen molar-refractivity contribution in [2.75, 3.05) is 0 Å². The summed E-state index contributed by atoms with van der Waals surface area (Å²) in [6.45, 7) is 5.77. The molecule has 0 N–H and O–H groups in total. The fourth-order valence-corrected chi connectivity index (χ4v) is 1.25.